The highest BCUT2D eigenvalue weighted by Crippen LogP contribution is 2.37. The van der Waals surface area contributed by atoms with Crippen LogP contribution in [0.25, 0.3) is 11.3 Å². The van der Waals surface area contributed by atoms with Crippen molar-refractivity contribution in [2.45, 2.75) is 13.3 Å². The number of amides is 1. The number of anilines is 1. The first-order valence-electron chi connectivity index (χ1n) is 7.85. The number of carbonyl (C=O) groups excluding carboxylic acids is 1. The molecular formula is C18H14ClN3O3S. The van der Waals surface area contributed by atoms with Gasteiger partial charge in [0, 0.05) is 33.9 Å². The molecule has 0 saturated heterocycles. The first-order valence-corrected chi connectivity index (χ1v) is 9.11. The zero-order valence-electron chi connectivity index (χ0n) is 13.8. The number of fused-ring (bicyclic) bond motifs is 1. The third-order valence-corrected chi connectivity index (χ3v) is 4.95. The van der Waals surface area contributed by atoms with E-state index >= 15 is 0 Å². The van der Waals surface area contributed by atoms with Gasteiger partial charge in [0.25, 0.3) is 0 Å². The summed E-state index contributed by atoms with van der Waals surface area (Å²) < 4.78 is 10.6. The van der Waals surface area contributed by atoms with Crippen molar-refractivity contribution in [3.05, 3.63) is 52.1 Å². The molecule has 132 valence electrons. The number of aromatic nitrogens is 2. The Morgan fingerprint density at radius 1 is 1.31 bits per heavy atom. The van der Waals surface area contributed by atoms with Crippen molar-refractivity contribution in [3.63, 3.8) is 0 Å². The Kier molecular flexibility index (Phi) is 4.48. The van der Waals surface area contributed by atoms with Crippen molar-refractivity contribution in [1.29, 1.82) is 0 Å². The summed E-state index contributed by atoms with van der Waals surface area (Å²) in [6, 6.07) is 7.24. The third kappa shape index (κ3) is 3.49. The molecule has 1 aliphatic heterocycles. The van der Waals surface area contributed by atoms with Gasteiger partial charge in [-0.15, -0.1) is 11.3 Å². The first kappa shape index (κ1) is 16.8. The molecule has 0 radical (unpaired) electrons. The number of pyridine rings is 1. The lowest BCUT2D eigenvalue weighted by molar-refractivity contribution is -0.115. The van der Waals surface area contributed by atoms with E-state index in [0.29, 0.717) is 27.2 Å². The predicted octanol–water partition coefficient (Wildman–Crippen LogP) is 4.08. The predicted molar refractivity (Wildman–Crippen MR) is 100.0 cm³/mol. The molecule has 0 atom stereocenters. The molecule has 1 N–H and O–H groups in total. The SMILES string of the molecule is Cc1cc(-c2csc(NC(=O)Cc3cc4c(cc3Cl)OCO4)n2)ccn1. The maximum atomic E-state index is 12.3. The molecule has 0 unspecified atom stereocenters. The molecule has 0 saturated carbocycles. The first-order chi connectivity index (χ1) is 12.6. The van der Waals surface area contributed by atoms with Crippen LogP contribution in [-0.2, 0) is 11.2 Å². The Balaban J connectivity index is 1.46. The standard InChI is InChI=1S/C18H14ClN3O3S/c1-10-4-11(2-3-20-10)14-8-26-18(21-14)22-17(23)6-12-5-15-16(7-13(12)19)25-9-24-15/h2-5,7-8H,6,9H2,1H3,(H,21,22,23). The van der Waals surface area contributed by atoms with Crippen molar-refractivity contribution < 1.29 is 14.3 Å². The fourth-order valence-corrected chi connectivity index (χ4v) is 3.56. The maximum absolute atomic E-state index is 12.3. The lowest BCUT2D eigenvalue weighted by Gasteiger charge is -2.06. The van der Waals surface area contributed by atoms with Gasteiger partial charge in [-0.3, -0.25) is 9.78 Å². The number of carbonyl (C=O) groups is 1. The molecule has 2 aromatic heterocycles. The van der Waals surface area contributed by atoms with Gasteiger partial charge in [0.05, 0.1) is 12.1 Å². The van der Waals surface area contributed by atoms with E-state index in [4.69, 9.17) is 21.1 Å². The summed E-state index contributed by atoms with van der Waals surface area (Å²) in [5.41, 5.74) is 3.36. The third-order valence-electron chi connectivity index (χ3n) is 3.84. The van der Waals surface area contributed by atoms with E-state index < -0.39 is 0 Å². The lowest BCUT2D eigenvalue weighted by Crippen LogP contribution is -2.14. The second kappa shape index (κ2) is 6.93. The molecule has 0 spiro atoms. The summed E-state index contributed by atoms with van der Waals surface area (Å²) in [4.78, 5) is 21.0. The van der Waals surface area contributed by atoms with E-state index in [0.717, 1.165) is 17.0 Å². The molecular weight excluding hydrogens is 374 g/mol. The quantitative estimate of drug-likeness (QED) is 0.730. The number of nitrogens with one attached hydrogen (secondary N) is 1. The monoisotopic (exact) mass is 387 g/mol. The van der Waals surface area contributed by atoms with E-state index in [-0.39, 0.29) is 19.1 Å². The second-order valence-corrected chi connectivity index (χ2v) is 7.01. The Labute approximate surface area is 158 Å². The summed E-state index contributed by atoms with van der Waals surface area (Å²) in [7, 11) is 0. The van der Waals surface area contributed by atoms with Gasteiger partial charge >= 0.3 is 0 Å². The van der Waals surface area contributed by atoms with Crippen LogP contribution < -0.4 is 14.8 Å². The van der Waals surface area contributed by atoms with Crippen LogP contribution >= 0.6 is 22.9 Å². The largest absolute Gasteiger partial charge is 0.454 e. The van der Waals surface area contributed by atoms with Crippen molar-refractivity contribution in [1.82, 2.24) is 9.97 Å². The number of hydrogen-bond donors (Lipinski definition) is 1. The van der Waals surface area contributed by atoms with Gasteiger partial charge in [-0.25, -0.2) is 4.98 Å². The molecule has 1 aromatic carbocycles. The van der Waals surface area contributed by atoms with Gasteiger partial charge < -0.3 is 14.8 Å². The minimum atomic E-state index is -0.197. The van der Waals surface area contributed by atoms with E-state index in [9.17, 15) is 4.79 Å². The van der Waals surface area contributed by atoms with E-state index in [2.05, 4.69) is 15.3 Å². The Bertz CT molecular complexity index is 990. The topological polar surface area (TPSA) is 73.3 Å². The molecule has 0 bridgehead atoms. The van der Waals surface area contributed by atoms with E-state index in [1.165, 1.54) is 11.3 Å². The average molecular weight is 388 g/mol. The fourth-order valence-electron chi connectivity index (χ4n) is 2.60. The second-order valence-electron chi connectivity index (χ2n) is 5.75. The summed E-state index contributed by atoms with van der Waals surface area (Å²) in [6.45, 7) is 2.09. The van der Waals surface area contributed by atoms with Crippen LogP contribution in [0.2, 0.25) is 5.02 Å². The highest BCUT2D eigenvalue weighted by atomic mass is 35.5. The van der Waals surface area contributed by atoms with Crippen LogP contribution in [-0.4, -0.2) is 22.7 Å². The van der Waals surface area contributed by atoms with Crippen molar-refractivity contribution in [3.8, 4) is 22.8 Å². The van der Waals surface area contributed by atoms with Gasteiger partial charge in [-0.2, -0.15) is 0 Å². The highest BCUT2D eigenvalue weighted by Gasteiger charge is 2.18. The normalized spacial score (nSPS) is 12.2. The number of thiazole rings is 1. The molecule has 26 heavy (non-hydrogen) atoms. The Morgan fingerprint density at radius 2 is 2.12 bits per heavy atom. The van der Waals surface area contributed by atoms with Crippen molar-refractivity contribution in [2.24, 2.45) is 0 Å². The number of rotatable bonds is 4. The smallest absolute Gasteiger partial charge is 0.231 e. The molecule has 6 nitrogen and oxygen atoms in total. The van der Waals surface area contributed by atoms with Gasteiger partial charge in [-0.1, -0.05) is 11.6 Å². The van der Waals surface area contributed by atoms with E-state index in [1.807, 2.05) is 24.4 Å². The molecule has 0 aliphatic carbocycles. The lowest BCUT2D eigenvalue weighted by atomic mass is 10.1. The molecule has 3 aromatic rings. The van der Waals surface area contributed by atoms with E-state index in [1.54, 1.807) is 18.3 Å². The number of aryl methyl sites for hydroxylation is 1. The van der Waals surface area contributed by atoms with Crippen LogP contribution in [0.5, 0.6) is 11.5 Å². The minimum absolute atomic E-state index is 0.124. The fraction of sp³-hybridized carbons (Fsp3) is 0.167. The number of nitrogens with zero attached hydrogens (tertiary/aromatic N) is 2. The number of hydrogen-bond acceptors (Lipinski definition) is 6. The average Bonchev–Trinajstić information content (AvgIpc) is 3.24. The summed E-state index contributed by atoms with van der Waals surface area (Å²) in [6.07, 6.45) is 1.86. The number of halogens is 1. The minimum Gasteiger partial charge on any atom is -0.454 e. The van der Waals surface area contributed by atoms with Crippen LogP contribution in [0.1, 0.15) is 11.3 Å². The van der Waals surface area contributed by atoms with Crippen LogP contribution in [0.15, 0.2) is 35.8 Å². The number of benzene rings is 1. The van der Waals surface area contributed by atoms with Gasteiger partial charge in [0.1, 0.15) is 0 Å². The highest BCUT2D eigenvalue weighted by molar-refractivity contribution is 7.14. The maximum Gasteiger partial charge on any atom is 0.231 e. The van der Waals surface area contributed by atoms with Crippen LogP contribution in [0.4, 0.5) is 5.13 Å². The van der Waals surface area contributed by atoms with Crippen molar-refractivity contribution in [2.75, 3.05) is 12.1 Å². The van der Waals surface area contributed by atoms with Crippen LogP contribution in [0.3, 0.4) is 0 Å². The van der Waals surface area contributed by atoms with Gasteiger partial charge in [-0.05, 0) is 30.7 Å². The van der Waals surface area contributed by atoms with Gasteiger partial charge in [0.2, 0.25) is 12.7 Å². The molecule has 0 fully saturated rings. The molecule has 1 aliphatic rings. The zero-order valence-corrected chi connectivity index (χ0v) is 15.4. The molecule has 1 amide bonds. The Hall–Kier alpha value is -2.64. The number of ether oxygens (including phenoxy) is 2. The zero-order chi connectivity index (χ0) is 18.1. The van der Waals surface area contributed by atoms with Gasteiger partial charge in [0.15, 0.2) is 16.6 Å². The molecule has 3 heterocycles. The summed E-state index contributed by atoms with van der Waals surface area (Å²) in [5.74, 6) is 0.996. The summed E-state index contributed by atoms with van der Waals surface area (Å²) >= 11 is 7.59. The summed E-state index contributed by atoms with van der Waals surface area (Å²) in [5, 5.41) is 5.72. The molecule has 8 heteroatoms. The van der Waals surface area contributed by atoms with Crippen molar-refractivity contribution >= 4 is 34.0 Å². The Morgan fingerprint density at radius 3 is 2.92 bits per heavy atom. The molecule has 4 rings (SSSR count). The van der Waals surface area contributed by atoms with Crippen LogP contribution in [0, 0.1) is 6.92 Å².